The van der Waals surface area contributed by atoms with Crippen LogP contribution in [0.3, 0.4) is 0 Å². The first-order chi connectivity index (χ1) is 14.6. The number of para-hydroxylation sites is 1. The number of rotatable bonds is 4. The number of methoxy groups -OCH3 is 1. The normalized spacial score (nSPS) is 19.1. The molecule has 3 heterocycles. The first-order valence-electron chi connectivity index (χ1n) is 9.66. The zero-order valence-electron chi connectivity index (χ0n) is 16.3. The highest BCUT2D eigenvalue weighted by molar-refractivity contribution is 7.99. The van der Waals surface area contributed by atoms with E-state index in [9.17, 15) is 9.59 Å². The molecular formula is C22H20N2O4S2. The minimum atomic E-state index is -0.235. The maximum atomic E-state index is 12.8. The van der Waals surface area contributed by atoms with Gasteiger partial charge in [0, 0.05) is 39.8 Å². The lowest BCUT2D eigenvalue weighted by Crippen LogP contribution is -2.31. The summed E-state index contributed by atoms with van der Waals surface area (Å²) >= 11 is 2.90. The molecule has 0 aliphatic carbocycles. The molecule has 0 radical (unpaired) electrons. The topological polar surface area (TPSA) is 69.6 Å². The van der Waals surface area contributed by atoms with Gasteiger partial charge in [-0.2, -0.15) is 0 Å². The summed E-state index contributed by atoms with van der Waals surface area (Å²) in [5.74, 6) is 2.65. The van der Waals surface area contributed by atoms with Gasteiger partial charge in [0.15, 0.2) is 0 Å². The molecule has 1 N–H and O–H groups in total. The number of fused-ring (bicyclic) bond motifs is 5. The molecule has 3 aromatic rings. The van der Waals surface area contributed by atoms with E-state index in [0.717, 1.165) is 27.0 Å². The van der Waals surface area contributed by atoms with Crippen molar-refractivity contribution in [3.05, 3.63) is 68.6 Å². The third kappa shape index (κ3) is 3.40. The van der Waals surface area contributed by atoms with Crippen LogP contribution in [0.15, 0.2) is 58.4 Å². The second-order valence-electron chi connectivity index (χ2n) is 7.30. The number of hydrogen-bond donors (Lipinski definition) is 1. The van der Waals surface area contributed by atoms with Crippen molar-refractivity contribution in [2.75, 3.05) is 24.8 Å². The van der Waals surface area contributed by atoms with Gasteiger partial charge in [0.05, 0.1) is 18.7 Å². The summed E-state index contributed by atoms with van der Waals surface area (Å²) in [4.78, 5) is 26.4. The summed E-state index contributed by atoms with van der Waals surface area (Å²) in [5, 5.41) is 3.76. The van der Waals surface area contributed by atoms with E-state index in [4.69, 9.17) is 9.47 Å². The number of thiazole rings is 1. The molecule has 2 aliphatic heterocycles. The Morgan fingerprint density at radius 3 is 3.00 bits per heavy atom. The van der Waals surface area contributed by atoms with Crippen molar-refractivity contribution in [1.82, 2.24) is 4.57 Å². The number of ether oxygens (including phenoxy) is 2. The molecule has 1 aromatic heterocycles. The van der Waals surface area contributed by atoms with Gasteiger partial charge in [0.1, 0.15) is 18.0 Å². The molecule has 2 aromatic carbocycles. The maximum Gasteiger partial charge on any atom is 0.308 e. The lowest BCUT2D eigenvalue weighted by molar-refractivity contribution is -0.116. The van der Waals surface area contributed by atoms with Crippen molar-refractivity contribution in [3.63, 3.8) is 0 Å². The fraction of sp³-hybridized carbons (Fsp3) is 0.273. The highest BCUT2D eigenvalue weighted by atomic mass is 32.2. The molecule has 5 rings (SSSR count). The molecule has 0 saturated carbocycles. The Morgan fingerprint density at radius 2 is 2.13 bits per heavy atom. The highest BCUT2D eigenvalue weighted by Crippen LogP contribution is 2.50. The van der Waals surface area contributed by atoms with Crippen molar-refractivity contribution >= 4 is 34.7 Å². The molecule has 0 bridgehead atoms. The second kappa shape index (κ2) is 7.85. The number of carbonyl (C=O) groups is 1. The fourth-order valence-electron chi connectivity index (χ4n) is 4.04. The molecule has 1 amide bonds. The van der Waals surface area contributed by atoms with Crippen molar-refractivity contribution in [2.45, 2.75) is 17.5 Å². The number of benzene rings is 2. The van der Waals surface area contributed by atoms with E-state index in [-0.39, 0.29) is 23.2 Å². The zero-order valence-corrected chi connectivity index (χ0v) is 17.9. The van der Waals surface area contributed by atoms with Gasteiger partial charge in [0.2, 0.25) is 5.91 Å². The number of thioether (sulfide) groups is 1. The minimum Gasteiger partial charge on any atom is -0.497 e. The number of amides is 1. The maximum absolute atomic E-state index is 12.8. The van der Waals surface area contributed by atoms with Gasteiger partial charge in [-0.3, -0.25) is 14.2 Å². The molecule has 154 valence electrons. The van der Waals surface area contributed by atoms with E-state index in [1.165, 1.54) is 11.3 Å². The van der Waals surface area contributed by atoms with E-state index in [1.54, 1.807) is 35.6 Å². The van der Waals surface area contributed by atoms with Gasteiger partial charge >= 0.3 is 4.87 Å². The number of anilines is 1. The fourth-order valence-corrected chi connectivity index (χ4v) is 6.73. The number of hydrogen-bond acceptors (Lipinski definition) is 6. The van der Waals surface area contributed by atoms with Crippen molar-refractivity contribution in [2.24, 2.45) is 5.92 Å². The van der Waals surface area contributed by atoms with E-state index < -0.39 is 0 Å². The lowest BCUT2D eigenvalue weighted by atomic mass is 9.84. The molecule has 0 unspecified atom stereocenters. The lowest BCUT2D eigenvalue weighted by Gasteiger charge is -2.36. The van der Waals surface area contributed by atoms with Gasteiger partial charge in [-0.25, -0.2) is 0 Å². The van der Waals surface area contributed by atoms with Crippen LogP contribution in [0.4, 0.5) is 5.69 Å². The van der Waals surface area contributed by atoms with Gasteiger partial charge in [0.25, 0.3) is 0 Å². The van der Waals surface area contributed by atoms with Gasteiger partial charge in [-0.05, 0) is 18.2 Å². The molecule has 8 heteroatoms. The summed E-state index contributed by atoms with van der Waals surface area (Å²) < 4.78 is 12.7. The summed E-state index contributed by atoms with van der Waals surface area (Å²) in [5.41, 5.74) is 1.77. The quantitative estimate of drug-likeness (QED) is 0.668. The SMILES string of the molecule is COc1cccc(NC(=O)Cn2c3c(sc2=O)[C@H]2c4ccccc4OC[C@H]2CS3)c1. The summed E-state index contributed by atoms with van der Waals surface area (Å²) in [7, 11) is 1.58. The number of nitrogens with zero attached hydrogens (tertiary/aromatic N) is 1. The van der Waals surface area contributed by atoms with Gasteiger partial charge in [-0.1, -0.05) is 35.6 Å². The predicted molar refractivity (Wildman–Crippen MR) is 118 cm³/mol. The third-order valence-corrected chi connectivity index (χ3v) is 7.92. The van der Waals surface area contributed by atoms with Crippen molar-refractivity contribution < 1.29 is 14.3 Å². The van der Waals surface area contributed by atoms with Crippen LogP contribution < -0.4 is 19.7 Å². The second-order valence-corrected chi connectivity index (χ2v) is 9.30. The summed E-state index contributed by atoms with van der Waals surface area (Å²) in [6.07, 6.45) is 0. The molecule has 0 saturated heterocycles. The van der Waals surface area contributed by atoms with Crippen LogP contribution in [0, 0.1) is 5.92 Å². The van der Waals surface area contributed by atoms with Crippen LogP contribution in [-0.4, -0.2) is 29.9 Å². The third-order valence-electron chi connectivity index (χ3n) is 5.42. The largest absolute Gasteiger partial charge is 0.497 e. The van der Waals surface area contributed by atoms with Crippen LogP contribution in [-0.2, 0) is 11.3 Å². The average molecular weight is 441 g/mol. The zero-order chi connectivity index (χ0) is 20.7. The standard InChI is InChI=1S/C22H20N2O4S2/c1-27-15-6-4-5-14(9-15)23-18(25)10-24-21-20(30-22(24)26)19-13(12-29-21)11-28-17-8-3-2-7-16(17)19/h2-9,13,19H,10-12H2,1H3,(H,23,25)/t13-,19+/m0/s1. The first kappa shape index (κ1) is 19.3. The summed E-state index contributed by atoms with van der Waals surface area (Å²) in [6, 6.07) is 15.2. The molecule has 0 fully saturated rings. The van der Waals surface area contributed by atoms with Crippen LogP contribution >= 0.6 is 23.1 Å². The van der Waals surface area contributed by atoms with Gasteiger partial charge < -0.3 is 14.8 Å². The van der Waals surface area contributed by atoms with Crippen LogP contribution in [0.25, 0.3) is 0 Å². The van der Waals surface area contributed by atoms with Crippen LogP contribution in [0.2, 0.25) is 0 Å². The van der Waals surface area contributed by atoms with Gasteiger partial charge in [-0.15, -0.1) is 11.8 Å². The Morgan fingerprint density at radius 1 is 1.27 bits per heavy atom. The molecular weight excluding hydrogens is 420 g/mol. The van der Waals surface area contributed by atoms with E-state index in [1.807, 2.05) is 30.3 Å². The highest BCUT2D eigenvalue weighted by Gasteiger charge is 2.39. The number of aromatic nitrogens is 1. The monoisotopic (exact) mass is 440 g/mol. The van der Waals surface area contributed by atoms with E-state index in [0.29, 0.717) is 24.0 Å². The van der Waals surface area contributed by atoms with Crippen molar-refractivity contribution in [1.29, 1.82) is 0 Å². The number of nitrogens with one attached hydrogen (secondary N) is 1. The molecule has 2 atom stereocenters. The number of carbonyl (C=O) groups excluding carboxylic acids is 1. The predicted octanol–water partition coefficient (Wildman–Crippen LogP) is 3.80. The Labute approximate surface area is 181 Å². The average Bonchev–Trinajstić information content (AvgIpc) is 3.08. The molecule has 6 nitrogen and oxygen atoms in total. The Balaban J connectivity index is 1.43. The smallest absolute Gasteiger partial charge is 0.308 e. The molecule has 0 spiro atoms. The molecule has 2 aliphatic rings. The Kier molecular flexibility index (Phi) is 5.04. The van der Waals surface area contributed by atoms with Crippen LogP contribution in [0.1, 0.15) is 16.4 Å². The van der Waals surface area contributed by atoms with E-state index >= 15 is 0 Å². The Hall–Kier alpha value is -2.71. The minimum absolute atomic E-state index is 0.00951. The van der Waals surface area contributed by atoms with E-state index in [2.05, 4.69) is 11.4 Å². The first-order valence-corrected chi connectivity index (χ1v) is 11.5. The van der Waals surface area contributed by atoms with Crippen LogP contribution in [0.5, 0.6) is 11.5 Å². The molecule has 30 heavy (non-hydrogen) atoms. The summed E-state index contributed by atoms with van der Waals surface area (Å²) in [6.45, 7) is 0.640. The van der Waals surface area contributed by atoms with Crippen molar-refractivity contribution in [3.8, 4) is 11.5 Å². The Bertz CT molecular complexity index is 1170.